The van der Waals surface area contributed by atoms with Gasteiger partial charge in [-0.2, -0.15) is 13.8 Å². The van der Waals surface area contributed by atoms with Crippen molar-refractivity contribution in [3.8, 4) is 11.8 Å². The average Bonchev–Trinajstić information content (AvgIpc) is 2.94. The predicted molar refractivity (Wildman–Crippen MR) is 81.6 cm³/mol. The number of hydrogen-bond donors (Lipinski definition) is 3. The number of rotatable bonds is 6. The number of piperidine rings is 1. The van der Waals surface area contributed by atoms with Crippen LogP contribution in [-0.4, -0.2) is 45.5 Å². The van der Waals surface area contributed by atoms with Crippen LogP contribution in [0.3, 0.4) is 0 Å². The number of anilines is 2. The Balaban J connectivity index is 1.61. The van der Waals surface area contributed by atoms with Crippen molar-refractivity contribution < 1.29 is 18.3 Å². The smallest absolute Gasteiger partial charge is 0.388 e. The molecular weight excluding hydrogens is 322 g/mol. The summed E-state index contributed by atoms with van der Waals surface area (Å²) in [6.45, 7) is 0.0828. The first-order chi connectivity index (χ1) is 11.6. The molecule has 10 heteroatoms. The fourth-order valence-corrected chi connectivity index (χ4v) is 2.49. The van der Waals surface area contributed by atoms with E-state index in [0.29, 0.717) is 23.6 Å². The van der Waals surface area contributed by atoms with Gasteiger partial charge >= 0.3 is 6.61 Å². The minimum atomic E-state index is -2.93. The van der Waals surface area contributed by atoms with E-state index in [1.54, 1.807) is 0 Å². The first kappa shape index (κ1) is 16.4. The van der Waals surface area contributed by atoms with Crippen molar-refractivity contribution in [2.45, 2.75) is 38.5 Å². The number of halogens is 2. The highest BCUT2D eigenvalue weighted by atomic mass is 19.3. The molecule has 1 fully saturated rings. The van der Waals surface area contributed by atoms with Gasteiger partial charge < -0.3 is 20.1 Å². The molecule has 3 rings (SSSR count). The van der Waals surface area contributed by atoms with Crippen LogP contribution >= 0.6 is 0 Å². The highest BCUT2D eigenvalue weighted by Crippen LogP contribution is 2.21. The number of ether oxygens (including phenoxy) is 2. The molecule has 3 N–H and O–H groups in total. The number of aromatic nitrogens is 4. The molecule has 1 aliphatic rings. The highest BCUT2D eigenvalue weighted by molar-refractivity contribution is 5.51. The molecule has 0 amide bonds. The lowest BCUT2D eigenvalue weighted by Crippen LogP contribution is -2.40. The van der Waals surface area contributed by atoms with Gasteiger partial charge in [0.05, 0.1) is 12.4 Å². The molecule has 1 saturated heterocycles. The Morgan fingerprint density at radius 2 is 2.21 bits per heavy atom. The largest absolute Gasteiger partial charge is 0.473 e. The molecule has 2 aromatic rings. The van der Waals surface area contributed by atoms with Crippen molar-refractivity contribution >= 4 is 11.6 Å². The summed E-state index contributed by atoms with van der Waals surface area (Å²) in [5.41, 5.74) is 0. The third-order valence-corrected chi connectivity index (χ3v) is 3.50. The Morgan fingerprint density at radius 1 is 1.33 bits per heavy atom. The van der Waals surface area contributed by atoms with Crippen LogP contribution in [0.4, 0.5) is 20.4 Å². The number of nitrogens with zero attached hydrogens (tertiary/aromatic N) is 3. The van der Waals surface area contributed by atoms with Gasteiger partial charge in [0, 0.05) is 12.1 Å². The van der Waals surface area contributed by atoms with Gasteiger partial charge in [-0.05, 0) is 26.3 Å². The van der Waals surface area contributed by atoms with Crippen LogP contribution in [0.25, 0.3) is 0 Å². The van der Waals surface area contributed by atoms with Crippen LogP contribution in [-0.2, 0) is 0 Å². The van der Waals surface area contributed by atoms with Gasteiger partial charge in [-0.3, -0.25) is 10.1 Å². The zero-order chi connectivity index (χ0) is 16.9. The van der Waals surface area contributed by atoms with E-state index < -0.39 is 6.61 Å². The SMILES string of the molecule is C[C@@H]1C[C@@H](Oc2cncc(Nc3cc(OC(F)F)n[nH]3)n2)CCN1. The standard InChI is InChI=1S/C14H18F2N6O2/c1-8-4-9(2-3-18-8)23-13-7-17-6-11(20-13)19-10-5-12(22-21-10)24-14(15)16/h5-9,14,18H,2-4H2,1H3,(H2,19,20,21,22)/t8-,9+/m1/s1. The quantitative estimate of drug-likeness (QED) is 0.740. The molecule has 0 aliphatic carbocycles. The summed E-state index contributed by atoms with van der Waals surface area (Å²) in [6, 6.07) is 1.70. The fraction of sp³-hybridized carbons (Fsp3) is 0.500. The van der Waals surface area contributed by atoms with Crippen LogP contribution < -0.4 is 20.1 Å². The number of H-pyrrole nitrogens is 1. The van der Waals surface area contributed by atoms with Crippen molar-refractivity contribution in [2.75, 3.05) is 11.9 Å². The second-order valence-electron chi connectivity index (χ2n) is 5.49. The van der Waals surface area contributed by atoms with Crippen LogP contribution in [0.15, 0.2) is 18.5 Å². The average molecular weight is 340 g/mol. The summed E-state index contributed by atoms with van der Waals surface area (Å²) in [6.07, 6.45) is 4.92. The summed E-state index contributed by atoms with van der Waals surface area (Å²) in [5.74, 6) is 0.952. The molecule has 8 nitrogen and oxygen atoms in total. The normalized spacial score (nSPS) is 20.8. The maximum atomic E-state index is 12.1. The van der Waals surface area contributed by atoms with Crippen LogP contribution in [0.2, 0.25) is 0 Å². The lowest BCUT2D eigenvalue weighted by atomic mass is 10.0. The first-order valence-electron chi connectivity index (χ1n) is 7.58. The van der Waals surface area contributed by atoms with E-state index in [-0.39, 0.29) is 12.0 Å². The molecule has 0 saturated carbocycles. The van der Waals surface area contributed by atoms with Gasteiger partial charge in [-0.15, -0.1) is 5.10 Å². The summed E-state index contributed by atoms with van der Waals surface area (Å²) in [4.78, 5) is 8.37. The lowest BCUT2D eigenvalue weighted by molar-refractivity contribution is -0.0528. The summed E-state index contributed by atoms with van der Waals surface area (Å²) >= 11 is 0. The molecule has 0 radical (unpaired) electrons. The van der Waals surface area contributed by atoms with E-state index in [2.05, 4.69) is 42.5 Å². The first-order valence-corrected chi connectivity index (χ1v) is 7.58. The zero-order valence-corrected chi connectivity index (χ0v) is 13.0. The van der Waals surface area contributed by atoms with E-state index in [1.807, 2.05) is 0 Å². The Morgan fingerprint density at radius 3 is 3.00 bits per heavy atom. The van der Waals surface area contributed by atoms with Crippen molar-refractivity contribution in [3.63, 3.8) is 0 Å². The maximum Gasteiger partial charge on any atom is 0.388 e. The van der Waals surface area contributed by atoms with Crippen LogP contribution in [0.1, 0.15) is 19.8 Å². The third kappa shape index (κ3) is 4.51. The molecule has 130 valence electrons. The Kier molecular flexibility index (Phi) is 5.04. The minimum absolute atomic E-state index is 0.0870. The van der Waals surface area contributed by atoms with Crippen LogP contribution in [0.5, 0.6) is 11.8 Å². The molecule has 0 unspecified atom stereocenters. The molecule has 2 atom stereocenters. The monoisotopic (exact) mass is 340 g/mol. The van der Waals surface area contributed by atoms with Gasteiger partial charge in [-0.25, -0.2) is 0 Å². The molecule has 1 aliphatic heterocycles. The summed E-state index contributed by atoms with van der Waals surface area (Å²) < 4.78 is 34.3. The van der Waals surface area contributed by atoms with E-state index in [4.69, 9.17) is 4.74 Å². The minimum Gasteiger partial charge on any atom is -0.473 e. The molecular formula is C14H18F2N6O2. The summed E-state index contributed by atoms with van der Waals surface area (Å²) in [5, 5.41) is 12.4. The van der Waals surface area contributed by atoms with Gasteiger partial charge in [0.15, 0.2) is 5.82 Å². The topological polar surface area (TPSA) is 97.0 Å². The highest BCUT2D eigenvalue weighted by Gasteiger charge is 2.20. The fourth-order valence-electron chi connectivity index (χ4n) is 2.49. The molecule has 0 bridgehead atoms. The van der Waals surface area contributed by atoms with Crippen LogP contribution in [0, 0.1) is 0 Å². The van der Waals surface area contributed by atoms with E-state index in [9.17, 15) is 8.78 Å². The van der Waals surface area contributed by atoms with Gasteiger partial charge in [-0.1, -0.05) is 0 Å². The maximum absolute atomic E-state index is 12.1. The van der Waals surface area contributed by atoms with Crippen molar-refractivity contribution in [1.29, 1.82) is 0 Å². The third-order valence-electron chi connectivity index (χ3n) is 3.50. The van der Waals surface area contributed by atoms with Crippen molar-refractivity contribution in [1.82, 2.24) is 25.5 Å². The molecule has 3 heterocycles. The van der Waals surface area contributed by atoms with E-state index >= 15 is 0 Å². The van der Waals surface area contributed by atoms with Crippen molar-refractivity contribution in [2.24, 2.45) is 0 Å². The predicted octanol–water partition coefficient (Wildman–Crippen LogP) is 2.06. The van der Waals surface area contributed by atoms with Gasteiger partial charge in [0.25, 0.3) is 0 Å². The van der Waals surface area contributed by atoms with Gasteiger partial charge in [0.2, 0.25) is 11.8 Å². The molecule has 0 spiro atoms. The Bertz CT molecular complexity index is 668. The molecule has 24 heavy (non-hydrogen) atoms. The molecule has 0 aromatic carbocycles. The van der Waals surface area contributed by atoms with E-state index in [0.717, 1.165) is 19.4 Å². The number of aromatic amines is 1. The Hall–Kier alpha value is -2.49. The second kappa shape index (κ2) is 7.39. The lowest BCUT2D eigenvalue weighted by Gasteiger charge is -2.28. The number of alkyl halides is 2. The van der Waals surface area contributed by atoms with Crippen molar-refractivity contribution in [3.05, 3.63) is 18.5 Å². The summed E-state index contributed by atoms with van der Waals surface area (Å²) in [7, 11) is 0. The van der Waals surface area contributed by atoms with Gasteiger partial charge in [0.1, 0.15) is 11.9 Å². The molecule has 2 aromatic heterocycles. The Labute approximate surface area is 137 Å². The second-order valence-corrected chi connectivity index (χ2v) is 5.49. The number of nitrogens with one attached hydrogen (secondary N) is 3. The van der Waals surface area contributed by atoms with E-state index in [1.165, 1.54) is 18.5 Å². The zero-order valence-electron chi connectivity index (χ0n) is 13.0. The number of hydrogen-bond acceptors (Lipinski definition) is 7.